The van der Waals surface area contributed by atoms with Gasteiger partial charge in [0.1, 0.15) is 17.8 Å². The molecule has 5 aliphatic rings. The Balaban J connectivity index is 1.59. The first-order valence-corrected chi connectivity index (χ1v) is 17.0. The van der Waals surface area contributed by atoms with E-state index in [1.54, 1.807) is 13.8 Å². The smallest absolute Gasteiger partial charge is 0.330 e. The fourth-order valence-electron chi connectivity index (χ4n) is 9.34. The Kier molecular flexibility index (Phi) is 9.21. The molecule has 0 bridgehead atoms. The molecule has 4 aliphatic carbocycles. The van der Waals surface area contributed by atoms with Crippen molar-refractivity contribution in [1.82, 2.24) is 0 Å². The molecule has 47 heavy (non-hydrogen) atoms. The predicted molar refractivity (Wildman–Crippen MR) is 166 cm³/mol. The Hall–Kier alpha value is -2.19. The number of unbranched alkanes of at least 4 members (excludes halogenated alkanes) is 2. The minimum atomic E-state index is -2.56. The third kappa shape index (κ3) is 4.84. The predicted octanol–water partition coefficient (Wildman–Crippen LogP) is 1.12. The second-order valence-corrected chi connectivity index (χ2v) is 15.2. The highest BCUT2D eigenvalue weighted by atomic mass is 16.6. The number of ether oxygens (including phenoxy) is 3. The van der Waals surface area contributed by atoms with Gasteiger partial charge in [-0.1, -0.05) is 66.9 Å². The van der Waals surface area contributed by atoms with Crippen molar-refractivity contribution in [3.63, 3.8) is 0 Å². The van der Waals surface area contributed by atoms with Gasteiger partial charge in [-0.2, -0.15) is 0 Å². The quantitative estimate of drug-likeness (QED) is 0.0752. The van der Waals surface area contributed by atoms with Gasteiger partial charge in [-0.25, -0.2) is 4.79 Å². The summed E-state index contributed by atoms with van der Waals surface area (Å²) in [6.07, 6.45) is 0.211. The Morgan fingerprint density at radius 1 is 1.15 bits per heavy atom. The number of carbonyl (C=O) groups excluding carboxylic acids is 3. The van der Waals surface area contributed by atoms with E-state index in [2.05, 4.69) is 0 Å². The van der Waals surface area contributed by atoms with Crippen molar-refractivity contribution in [1.29, 1.82) is 0 Å². The summed E-state index contributed by atoms with van der Waals surface area (Å²) in [5.41, 5.74) is -8.71. The summed E-state index contributed by atoms with van der Waals surface area (Å²) in [7, 11) is 0. The molecule has 4 fully saturated rings. The largest absolute Gasteiger partial charge is 0.455 e. The van der Waals surface area contributed by atoms with Gasteiger partial charge in [-0.05, 0) is 31.4 Å². The van der Waals surface area contributed by atoms with E-state index in [1.807, 2.05) is 27.7 Å². The average molecular weight is 665 g/mol. The fourth-order valence-corrected chi connectivity index (χ4v) is 9.34. The van der Waals surface area contributed by atoms with Crippen molar-refractivity contribution in [2.45, 2.75) is 133 Å². The first kappa shape index (κ1) is 36.1. The lowest BCUT2D eigenvalue weighted by atomic mass is 9.58. The molecule has 0 radical (unpaired) electrons. The number of ketones is 1. The van der Waals surface area contributed by atoms with E-state index in [1.165, 1.54) is 13.0 Å². The van der Waals surface area contributed by atoms with Gasteiger partial charge in [0, 0.05) is 35.2 Å². The standard InChI is InChI=1S/C35H52O12/c1-8-10-11-12-20(37)21(38)13-14-23(39)45-27-19(5)33(43)22-15-18(4)26(40)34(22,44)30(42)32(16-36)28(46-32)24(33)25-31(6,7)35(25,27)47-29(41)17(3)9-2/h13-15,17,19-22,24-25,27-28,30,36-38,42-44H,8-12,16H2,1-7H3/b14-13+/t17?,19-,20?,21?,22+,24-,25+,27?,28?,30?,32?,33?,34?,35?/m1/s1. The molecule has 1 aliphatic heterocycles. The lowest BCUT2D eigenvalue weighted by Crippen LogP contribution is -2.69. The van der Waals surface area contributed by atoms with Gasteiger partial charge in [0.05, 0.1) is 36.4 Å². The maximum Gasteiger partial charge on any atom is 0.330 e. The molecule has 14 atom stereocenters. The van der Waals surface area contributed by atoms with Crippen LogP contribution < -0.4 is 0 Å². The number of carbonyl (C=O) groups is 3. The minimum Gasteiger partial charge on any atom is -0.455 e. The molecule has 6 N–H and O–H groups in total. The summed E-state index contributed by atoms with van der Waals surface area (Å²) in [6.45, 7) is 11.5. The molecule has 0 spiro atoms. The highest BCUT2D eigenvalue weighted by Gasteiger charge is 2.93. The highest BCUT2D eigenvalue weighted by molar-refractivity contribution is 6.05. The lowest BCUT2D eigenvalue weighted by Gasteiger charge is -2.53. The van der Waals surface area contributed by atoms with Crippen LogP contribution in [-0.4, -0.2) is 108 Å². The first-order chi connectivity index (χ1) is 21.9. The molecule has 10 unspecified atom stereocenters. The number of Topliss-reactive ketones (excluding diaryl/α,β-unsaturated/α-hetero) is 1. The zero-order chi connectivity index (χ0) is 35.1. The SMILES string of the molecule is CCCCCC(O)C(O)/C=C/C(=O)OC1[C@@H](C)C2(O)[C@@H]3C=C(C)C(=O)C3(O)C(O)C3(CO)OC3[C@H]2[C@H]2C(C)(C)C12OC(=O)C(C)CC. The molecular weight excluding hydrogens is 612 g/mol. The van der Waals surface area contributed by atoms with Crippen LogP contribution in [0.5, 0.6) is 0 Å². The number of fused-ring (bicyclic) bond motifs is 7. The van der Waals surface area contributed by atoms with Crippen molar-refractivity contribution >= 4 is 17.7 Å². The highest BCUT2D eigenvalue weighted by Crippen LogP contribution is 2.80. The summed E-state index contributed by atoms with van der Waals surface area (Å²) in [4.78, 5) is 40.5. The Morgan fingerprint density at radius 2 is 1.81 bits per heavy atom. The number of aliphatic hydroxyl groups excluding tert-OH is 4. The van der Waals surface area contributed by atoms with Crippen LogP contribution in [0, 0.1) is 35.0 Å². The zero-order valence-electron chi connectivity index (χ0n) is 28.4. The molecular formula is C35H52O12. The molecule has 0 amide bonds. The maximum absolute atomic E-state index is 13.5. The third-order valence-electron chi connectivity index (χ3n) is 12.5. The second-order valence-electron chi connectivity index (χ2n) is 15.2. The maximum atomic E-state index is 13.5. The van der Waals surface area contributed by atoms with Crippen molar-refractivity contribution in [2.24, 2.45) is 35.0 Å². The van der Waals surface area contributed by atoms with Crippen molar-refractivity contribution in [3.8, 4) is 0 Å². The van der Waals surface area contributed by atoms with E-state index in [9.17, 15) is 45.0 Å². The summed E-state index contributed by atoms with van der Waals surface area (Å²) in [6, 6.07) is 0. The van der Waals surface area contributed by atoms with Gasteiger partial charge in [0.2, 0.25) is 0 Å². The molecule has 1 saturated heterocycles. The van der Waals surface area contributed by atoms with Gasteiger partial charge < -0.3 is 44.8 Å². The van der Waals surface area contributed by atoms with E-state index in [0.717, 1.165) is 25.0 Å². The molecule has 0 aromatic carbocycles. The van der Waals surface area contributed by atoms with Crippen LogP contribution in [0.25, 0.3) is 0 Å². The molecule has 5 rings (SSSR count). The summed E-state index contributed by atoms with van der Waals surface area (Å²) in [5.74, 6) is -7.00. The molecule has 264 valence electrons. The van der Waals surface area contributed by atoms with E-state index in [4.69, 9.17) is 14.2 Å². The molecule has 1 heterocycles. The van der Waals surface area contributed by atoms with Gasteiger partial charge in [-0.3, -0.25) is 9.59 Å². The van der Waals surface area contributed by atoms with Gasteiger partial charge in [0.15, 0.2) is 17.0 Å². The number of hydrogen-bond acceptors (Lipinski definition) is 12. The van der Waals surface area contributed by atoms with Crippen molar-refractivity contribution < 1.29 is 59.2 Å². The number of rotatable bonds is 12. The van der Waals surface area contributed by atoms with Crippen LogP contribution >= 0.6 is 0 Å². The van der Waals surface area contributed by atoms with Crippen LogP contribution in [0.3, 0.4) is 0 Å². The van der Waals surface area contributed by atoms with E-state index in [0.29, 0.717) is 19.3 Å². The van der Waals surface area contributed by atoms with Gasteiger partial charge in [0.25, 0.3) is 0 Å². The summed E-state index contributed by atoms with van der Waals surface area (Å²) in [5, 5.41) is 67.9. The van der Waals surface area contributed by atoms with E-state index >= 15 is 0 Å². The topological polar surface area (TPSA) is 204 Å². The number of epoxide rings is 1. The van der Waals surface area contributed by atoms with Crippen LogP contribution in [0.4, 0.5) is 0 Å². The molecule has 0 aromatic rings. The average Bonchev–Trinajstić information content (AvgIpc) is 3.86. The summed E-state index contributed by atoms with van der Waals surface area (Å²) >= 11 is 0. The molecule has 12 heteroatoms. The lowest BCUT2D eigenvalue weighted by molar-refractivity contribution is -0.244. The Labute approximate surface area is 275 Å². The normalized spacial score (nSPS) is 44.6. The number of aliphatic hydroxyl groups is 6. The second kappa shape index (κ2) is 12.0. The fraction of sp³-hybridized carbons (Fsp3) is 0.800. The van der Waals surface area contributed by atoms with Gasteiger partial charge in [-0.15, -0.1) is 0 Å². The van der Waals surface area contributed by atoms with Crippen LogP contribution in [0.1, 0.15) is 80.6 Å². The summed E-state index contributed by atoms with van der Waals surface area (Å²) < 4.78 is 18.4. The first-order valence-electron chi connectivity index (χ1n) is 17.0. The molecule has 3 saturated carbocycles. The van der Waals surface area contributed by atoms with E-state index < -0.39 is 112 Å². The van der Waals surface area contributed by atoms with Crippen LogP contribution in [0.2, 0.25) is 0 Å². The molecule has 12 nitrogen and oxygen atoms in total. The van der Waals surface area contributed by atoms with Crippen LogP contribution in [-0.2, 0) is 28.6 Å². The van der Waals surface area contributed by atoms with Gasteiger partial charge >= 0.3 is 11.9 Å². The molecule has 0 aromatic heterocycles. The van der Waals surface area contributed by atoms with Crippen LogP contribution in [0.15, 0.2) is 23.8 Å². The van der Waals surface area contributed by atoms with Crippen molar-refractivity contribution in [3.05, 3.63) is 23.8 Å². The van der Waals surface area contributed by atoms with E-state index in [-0.39, 0.29) is 5.57 Å². The Bertz CT molecular complexity index is 1340. The minimum absolute atomic E-state index is 0.112. The number of hydrogen-bond donors (Lipinski definition) is 6. The monoisotopic (exact) mass is 664 g/mol. The number of esters is 2. The third-order valence-corrected chi connectivity index (χ3v) is 12.5. The Morgan fingerprint density at radius 3 is 2.40 bits per heavy atom. The van der Waals surface area contributed by atoms with Crippen molar-refractivity contribution in [2.75, 3.05) is 6.61 Å². The zero-order valence-corrected chi connectivity index (χ0v) is 28.4.